The van der Waals surface area contributed by atoms with Gasteiger partial charge in [-0.3, -0.25) is 9.78 Å². The van der Waals surface area contributed by atoms with Crippen molar-refractivity contribution in [3.05, 3.63) is 42.1 Å². The molecule has 2 aliphatic heterocycles. The van der Waals surface area contributed by atoms with Crippen LogP contribution in [0.2, 0.25) is 0 Å². The number of likely N-dealkylation sites (tertiary alicyclic amines) is 1. The highest BCUT2D eigenvalue weighted by atomic mass is 16.7. The lowest BCUT2D eigenvalue weighted by molar-refractivity contribution is -0.136. The van der Waals surface area contributed by atoms with Crippen LogP contribution in [0.15, 0.2) is 36.5 Å². The molecule has 126 valence electrons. The number of nitrogens with zero attached hydrogens (tertiary/aromatic N) is 2. The van der Waals surface area contributed by atoms with Gasteiger partial charge in [0, 0.05) is 30.6 Å². The third-order valence-corrected chi connectivity index (χ3v) is 4.98. The largest absolute Gasteiger partial charge is 0.350 e. The Morgan fingerprint density at radius 3 is 2.67 bits per heavy atom. The predicted octanol–water partition coefficient (Wildman–Crippen LogP) is 2.39. The van der Waals surface area contributed by atoms with E-state index >= 15 is 0 Å². The van der Waals surface area contributed by atoms with Crippen LogP contribution in [0.5, 0.6) is 0 Å². The van der Waals surface area contributed by atoms with Crippen LogP contribution in [-0.4, -0.2) is 48.4 Å². The number of rotatable bonds is 3. The van der Waals surface area contributed by atoms with Gasteiger partial charge in [-0.1, -0.05) is 24.3 Å². The molecule has 4 rings (SSSR count). The van der Waals surface area contributed by atoms with Crippen LogP contribution in [0.25, 0.3) is 10.9 Å². The summed E-state index contributed by atoms with van der Waals surface area (Å²) in [5, 5.41) is 1.08. The summed E-state index contributed by atoms with van der Waals surface area (Å²) in [7, 11) is 0. The average molecular weight is 326 g/mol. The van der Waals surface area contributed by atoms with E-state index in [1.165, 1.54) is 0 Å². The number of hydrogen-bond donors (Lipinski definition) is 0. The molecule has 0 atom stereocenters. The lowest BCUT2D eigenvalue weighted by Crippen LogP contribution is -2.42. The van der Waals surface area contributed by atoms with Gasteiger partial charge >= 0.3 is 0 Å². The highest BCUT2D eigenvalue weighted by Gasteiger charge is 2.31. The average Bonchev–Trinajstić information content (AvgIpc) is 3.17. The van der Waals surface area contributed by atoms with E-state index < -0.39 is 0 Å². The molecule has 0 spiro atoms. The van der Waals surface area contributed by atoms with E-state index in [1.54, 1.807) is 6.20 Å². The van der Waals surface area contributed by atoms with Gasteiger partial charge in [0.1, 0.15) is 0 Å². The second-order valence-electron chi connectivity index (χ2n) is 6.50. The molecule has 0 radical (unpaired) electrons. The van der Waals surface area contributed by atoms with Crippen molar-refractivity contribution in [3.8, 4) is 0 Å². The maximum atomic E-state index is 12.7. The Labute approximate surface area is 141 Å². The Hall–Kier alpha value is -1.98. The first-order valence-corrected chi connectivity index (χ1v) is 8.65. The van der Waals surface area contributed by atoms with E-state index in [4.69, 9.17) is 9.47 Å². The summed E-state index contributed by atoms with van der Waals surface area (Å²) >= 11 is 0. The van der Waals surface area contributed by atoms with Gasteiger partial charge in [0.2, 0.25) is 5.91 Å². The number of aromatic nitrogens is 1. The first-order chi connectivity index (χ1) is 11.8. The number of fused-ring (bicyclic) bond motifs is 1. The van der Waals surface area contributed by atoms with Gasteiger partial charge in [-0.25, -0.2) is 0 Å². The van der Waals surface area contributed by atoms with Crippen LogP contribution >= 0.6 is 0 Å². The van der Waals surface area contributed by atoms with Gasteiger partial charge < -0.3 is 14.4 Å². The Kier molecular flexibility index (Phi) is 4.45. The Balaban J connectivity index is 1.39. The molecule has 2 aliphatic rings. The lowest BCUT2D eigenvalue weighted by atomic mass is 9.95. The zero-order chi connectivity index (χ0) is 16.4. The number of ether oxygens (including phenoxy) is 2. The zero-order valence-corrected chi connectivity index (χ0v) is 13.7. The SMILES string of the molecule is O=C(Cc1cccc2cccnc12)N1CCC(C2OCCO2)CC1. The molecule has 1 amide bonds. The highest BCUT2D eigenvalue weighted by Crippen LogP contribution is 2.26. The maximum Gasteiger partial charge on any atom is 0.227 e. The smallest absolute Gasteiger partial charge is 0.227 e. The van der Waals surface area contributed by atoms with E-state index in [0.717, 1.165) is 42.4 Å². The quantitative estimate of drug-likeness (QED) is 0.869. The molecule has 0 unspecified atom stereocenters. The topological polar surface area (TPSA) is 51.7 Å². The first-order valence-electron chi connectivity index (χ1n) is 8.65. The van der Waals surface area contributed by atoms with Crippen LogP contribution in [-0.2, 0) is 20.7 Å². The van der Waals surface area contributed by atoms with Crippen molar-refractivity contribution >= 4 is 16.8 Å². The molecular formula is C19H22N2O3. The Morgan fingerprint density at radius 2 is 1.88 bits per heavy atom. The molecule has 1 aromatic carbocycles. The van der Waals surface area contributed by atoms with E-state index in [9.17, 15) is 4.79 Å². The maximum absolute atomic E-state index is 12.7. The van der Waals surface area contributed by atoms with E-state index in [-0.39, 0.29) is 12.2 Å². The Morgan fingerprint density at radius 1 is 1.12 bits per heavy atom. The summed E-state index contributed by atoms with van der Waals surface area (Å²) in [6.45, 7) is 2.95. The van der Waals surface area contributed by atoms with E-state index in [1.807, 2.05) is 35.2 Å². The fourth-order valence-corrected chi connectivity index (χ4v) is 3.65. The predicted molar refractivity (Wildman–Crippen MR) is 90.4 cm³/mol. The molecule has 1 aromatic heterocycles. The van der Waals surface area contributed by atoms with Crippen molar-refractivity contribution in [3.63, 3.8) is 0 Å². The van der Waals surface area contributed by atoms with Crippen molar-refractivity contribution in [1.29, 1.82) is 0 Å². The monoisotopic (exact) mass is 326 g/mol. The molecule has 2 aromatic rings. The molecule has 0 N–H and O–H groups in total. The van der Waals surface area contributed by atoms with Crippen molar-refractivity contribution < 1.29 is 14.3 Å². The summed E-state index contributed by atoms with van der Waals surface area (Å²) in [6.07, 6.45) is 4.03. The number of benzene rings is 1. The minimum absolute atomic E-state index is 0.0653. The lowest BCUT2D eigenvalue weighted by Gasteiger charge is -2.34. The molecule has 2 fully saturated rings. The van der Waals surface area contributed by atoms with Crippen LogP contribution in [0.1, 0.15) is 18.4 Å². The summed E-state index contributed by atoms with van der Waals surface area (Å²) in [5.41, 5.74) is 1.93. The normalized spacial score (nSPS) is 19.9. The fourth-order valence-electron chi connectivity index (χ4n) is 3.65. The number of para-hydroxylation sites is 1. The molecule has 0 bridgehead atoms. The van der Waals surface area contributed by atoms with Gasteiger partial charge in [-0.2, -0.15) is 0 Å². The molecule has 24 heavy (non-hydrogen) atoms. The molecule has 0 saturated carbocycles. The Bertz CT molecular complexity index is 714. The van der Waals surface area contributed by atoms with Crippen LogP contribution in [0.4, 0.5) is 0 Å². The van der Waals surface area contributed by atoms with Crippen LogP contribution < -0.4 is 0 Å². The zero-order valence-electron chi connectivity index (χ0n) is 13.7. The minimum atomic E-state index is -0.0653. The van der Waals surface area contributed by atoms with E-state index in [0.29, 0.717) is 25.6 Å². The van der Waals surface area contributed by atoms with Gasteiger partial charge in [0.25, 0.3) is 0 Å². The molecule has 5 heteroatoms. The third-order valence-electron chi connectivity index (χ3n) is 4.98. The van der Waals surface area contributed by atoms with Crippen LogP contribution in [0.3, 0.4) is 0 Å². The summed E-state index contributed by atoms with van der Waals surface area (Å²) in [4.78, 5) is 19.1. The van der Waals surface area contributed by atoms with Crippen molar-refractivity contribution in [1.82, 2.24) is 9.88 Å². The molecule has 2 saturated heterocycles. The van der Waals surface area contributed by atoms with Crippen LogP contribution in [0, 0.1) is 5.92 Å². The fraction of sp³-hybridized carbons (Fsp3) is 0.474. The number of pyridine rings is 1. The standard InChI is InChI=1S/C19H22N2O3/c22-17(13-16-4-1-3-14-5-2-8-20-18(14)16)21-9-6-15(7-10-21)19-23-11-12-24-19/h1-5,8,15,19H,6-7,9-13H2. The summed E-state index contributed by atoms with van der Waals surface area (Å²) in [6, 6.07) is 9.98. The first kappa shape index (κ1) is 15.5. The summed E-state index contributed by atoms with van der Waals surface area (Å²) < 4.78 is 11.2. The number of piperidine rings is 1. The van der Waals surface area contributed by atoms with Gasteiger partial charge in [0.15, 0.2) is 6.29 Å². The van der Waals surface area contributed by atoms with Gasteiger partial charge in [0.05, 0.1) is 25.2 Å². The molecule has 5 nitrogen and oxygen atoms in total. The van der Waals surface area contributed by atoms with Gasteiger partial charge in [-0.05, 0) is 24.5 Å². The second kappa shape index (κ2) is 6.87. The van der Waals surface area contributed by atoms with Crippen molar-refractivity contribution in [2.24, 2.45) is 5.92 Å². The number of carbonyl (C=O) groups is 1. The number of hydrogen-bond acceptors (Lipinski definition) is 4. The number of amides is 1. The summed E-state index contributed by atoms with van der Waals surface area (Å²) in [5.74, 6) is 0.593. The van der Waals surface area contributed by atoms with E-state index in [2.05, 4.69) is 4.98 Å². The van der Waals surface area contributed by atoms with Crippen molar-refractivity contribution in [2.75, 3.05) is 26.3 Å². The third kappa shape index (κ3) is 3.14. The minimum Gasteiger partial charge on any atom is -0.350 e. The second-order valence-corrected chi connectivity index (χ2v) is 6.50. The highest BCUT2D eigenvalue weighted by molar-refractivity contribution is 5.87. The van der Waals surface area contributed by atoms with Crippen molar-refractivity contribution in [2.45, 2.75) is 25.6 Å². The molecular weight excluding hydrogens is 304 g/mol. The number of carbonyl (C=O) groups excluding carboxylic acids is 1. The molecule has 3 heterocycles. The molecule has 0 aliphatic carbocycles. The van der Waals surface area contributed by atoms with Gasteiger partial charge in [-0.15, -0.1) is 0 Å².